The Hall–Kier alpha value is -1.05. The molecule has 0 spiro atoms. The van der Waals surface area contributed by atoms with Crippen molar-refractivity contribution < 1.29 is 17.2 Å². The summed E-state index contributed by atoms with van der Waals surface area (Å²) in [5.74, 6) is -0.294. The lowest BCUT2D eigenvalue weighted by Crippen LogP contribution is -2.29. The molecule has 1 aromatic carbocycles. The van der Waals surface area contributed by atoms with Gasteiger partial charge in [-0.25, -0.2) is 21.9 Å². The van der Waals surface area contributed by atoms with Crippen LogP contribution in [0.2, 0.25) is 0 Å². The van der Waals surface area contributed by atoms with Gasteiger partial charge in [0.05, 0.1) is 12.3 Å². The maximum Gasteiger partial charge on any atom is 0.251 e. The average molecular weight is 306 g/mol. The molecule has 1 rings (SSSR count). The summed E-state index contributed by atoms with van der Waals surface area (Å²) in [6.45, 7) is 3.93. The number of halogens is 2. The second-order valence-corrected chi connectivity index (χ2v) is 6.66. The van der Waals surface area contributed by atoms with Crippen molar-refractivity contribution >= 4 is 10.0 Å². The molecule has 7 heteroatoms. The molecule has 0 fully saturated rings. The van der Waals surface area contributed by atoms with Gasteiger partial charge in [-0.15, -0.1) is 0 Å². The highest BCUT2D eigenvalue weighted by molar-refractivity contribution is 7.88. The minimum absolute atomic E-state index is 0.294. The van der Waals surface area contributed by atoms with Crippen molar-refractivity contribution in [1.29, 1.82) is 0 Å². The summed E-state index contributed by atoms with van der Waals surface area (Å²) in [6, 6.07) is 7.41. The van der Waals surface area contributed by atoms with Gasteiger partial charge in [0.15, 0.2) is 0 Å². The summed E-state index contributed by atoms with van der Waals surface area (Å²) in [6.07, 6.45) is -2.69. The Morgan fingerprint density at radius 1 is 1.10 bits per heavy atom. The minimum atomic E-state index is -3.71. The first-order valence-electron chi connectivity index (χ1n) is 6.35. The molecule has 0 bridgehead atoms. The molecule has 20 heavy (non-hydrogen) atoms. The first-order chi connectivity index (χ1) is 9.28. The van der Waals surface area contributed by atoms with E-state index >= 15 is 0 Å². The quantitative estimate of drug-likeness (QED) is 0.771. The Labute approximate surface area is 118 Å². The molecule has 0 heterocycles. The lowest BCUT2D eigenvalue weighted by atomic mass is 10.1. The summed E-state index contributed by atoms with van der Waals surface area (Å²) >= 11 is 0. The zero-order valence-corrected chi connectivity index (χ0v) is 12.4. The number of nitrogens with one attached hydrogen (secondary N) is 2. The smallest absolute Gasteiger partial charge is 0.251 e. The van der Waals surface area contributed by atoms with E-state index in [-0.39, 0.29) is 5.75 Å². The Morgan fingerprint density at radius 2 is 1.65 bits per heavy atom. The molecule has 1 aromatic rings. The standard InChI is InChI=1S/C13H20F2N2O2S/c1-10(2)16-7-11-3-5-12(6-4-11)9-20(18,19)17-8-13(14)15/h3-6,10,13,16-17H,7-9H2,1-2H3. The molecule has 0 aliphatic heterocycles. The van der Waals surface area contributed by atoms with Crippen molar-refractivity contribution in [2.45, 2.75) is 38.6 Å². The van der Waals surface area contributed by atoms with Crippen LogP contribution >= 0.6 is 0 Å². The molecule has 0 aliphatic rings. The summed E-state index contributed by atoms with van der Waals surface area (Å²) in [5, 5.41) is 3.25. The Morgan fingerprint density at radius 3 is 2.15 bits per heavy atom. The van der Waals surface area contributed by atoms with Crippen LogP contribution in [0.15, 0.2) is 24.3 Å². The molecule has 0 radical (unpaired) electrons. The second kappa shape index (κ2) is 7.66. The van der Waals surface area contributed by atoms with Gasteiger partial charge in [0, 0.05) is 12.6 Å². The molecular formula is C13H20F2N2O2S. The highest BCUT2D eigenvalue weighted by atomic mass is 32.2. The molecule has 0 atom stereocenters. The molecule has 0 amide bonds. The summed E-state index contributed by atoms with van der Waals surface area (Å²) in [7, 11) is -3.71. The summed E-state index contributed by atoms with van der Waals surface area (Å²) < 4.78 is 48.9. The zero-order chi connectivity index (χ0) is 15.2. The van der Waals surface area contributed by atoms with E-state index in [2.05, 4.69) is 5.32 Å². The molecule has 114 valence electrons. The van der Waals surface area contributed by atoms with Crippen LogP contribution in [-0.4, -0.2) is 27.4 Å². The lowest BCUT2D eigenvalue weighted by molar-refractivity contribution is 0.153. The predicted octanol–water partition coefficient (Wildman–Crippen LogP) is 1.87. The van der Waals surface area contributed by atoms with Crippen LogP contribution < -0.4 is 10.0 Å². The van der Waals surface area contributed by atoms with Crippen LogP contribution in [-0.2, 0) is 22.3 Å². The van der Waals surface area contributed by atoms with E-state index in [1.807, 2.05) is 30.7 Å². The number of sulfonamides is 1. The molecule has 0 aliphatic carbocycles. The van der Waals surface area contributed by atoms with Gasteiger partial charge in [0.2, 0.25) is 10.0 Å². The van der Waals surface area contributed by atoms with E-state index in [9.17, 15) is 17.2 Å². The van der Waals surface area contributed by atoms with E-state index in [0.29, 0.717) is 18.2 Å². The first-order valence-corrected chi connectivity index (χ1v) is 8.00. The van der Waals surface area contributed by atoms with Crippen LogP contribution in [0.5, 0.6) is 0 Å². The molecule has 4 nitrogen and oxygen atoms in total. The molecule has 0 unspecified atom stereocenters. The summed E-state index contributed by atoms with van der Waals surface area (Å²) in [4.78, 5) is 0. The fourth-order valence-electron chi connectivity index (χ4n) is 1.54. The van der Waals surface area contributed by atoms with E-state index in [1.165, 1.54) is 0 Å². The van der Waals surface area contributed by atoms with Crippen molar-refractivity contribution in [2.24, 2.45) is 0 Å². The fraction of sp³-hybridized carbons (Fsp3) is 0.538. The third-order valence-electron chi connectivity index (χ3n) is 2.55. The fourth-order valence-corrected chi connectivity index (χ4v) is 2.65. The van der Waals surface area contributed by atoms with E-state index in [1.54, 1.807) is 12.1 Å². The van der Waals surface area contributed by atoms with Crippen LogP contribution in [0.3, 0.4) is 0 Å². The van der Waals surface area contributed by atoms with E-state index in [0.717, 1.165) is 5.56 Å². The van der Waals surface area contributed by atoms with Crippen molar-refractivity contribution in [3.8, 4) is 0 Å². The molecule has 2 N–H and O–H groups in total. The van der Waals surface area contributed by atoms with Gasteiger partial charge in [-0.2, -0.15) is 0 Å². The van der Waals surface area contributed by atoms with Crippen LogP contribution in [0.4, 0.5) is 8.78 Å². The third-order valence-corrected chi connectivity index (χ3v) is 3.87. The minimum Gasteiger partial charge on any atom is -0.310 e. The Balaban J connectivity index is 2.56. The Bertz CT molecular complexity index is 502. The van der Waals surface area contributed by atoms with Gasteiger partial charge < -0.3 is 5.32 Å². The normalized spacial score (nSPS) is 12.3. The zero-order valence-electron chi connectivity index (χ0n) is 11.6. The largest absolute Gasteiger partial charge is 0.310 e. The van der Waals surface area contributed by atoms with Crippen LogP contribution in [0, 0.1) is 0 Å². The van der Waals surface area contributed by atoms with Gasteiger partial charge in [-0.05, 0) is 11.1 Å². The summed E-state index contributed by atoms with van der Waals surface area (Å²) in [5.41, 5.74) is 1.61. The second-order valence-electron chi connectivity index (χ2n) is 4.85. The number of hydrogen-bond acceptors (Lipinski definition) is 3. The highest BCUT2D eigenvalue weighted by Gasteiger charge is 2.14. The van der Waals surface area contributed by atoms with Crippen molar-refractivity contribution in [1.82, 2.24) is 10.0 Å². The van der Waals surface area contributed by atoms with Crippen LogP contribution in [0.25, 0.3) is 0 Å². The number of alkyl halides is 2. The lowest BCUT2D eigenvalue weighted by Gasteiger charge is -2.09. The topological polar surface area (TPSA) is 58.2 Å². The van der Waals surface area contributed by atoms with Crippen molar-refractivity contribution in [3.63, 3.8) is 0 Å². The SMILES string of the molecule is CC(C)NCc1ccc(CS(=O)(=O)NCC(F)F)cc1. The Kier molecular flexibility index (Phi) is 6.51. The molecule has 0 aromatic heterocycles. The molecule has 0 saturated heterocycles. The average Bonchev–Trinajstić information content (AvgIpc) is 2.35. The highest BCUT2D eigenvalue weighted by Crippen LogP contribution is 2.08. The maximum absolute atomic E-state index is 12.0. The maximum atomic E-state index is 12.0. The number of rotatable bonds is 8. The third kappa shape index (κ3) is 6.93. The van der Waals surface area contributed by atoms with E-state index in [4.69, 9.17) is 0 Å². The molecule has 0 saturated carbocycles. The first kappa shape index (κ1) is 17.0. The molecular weight excluding hydrogens is 286 g/mol. The van der Waals surface area contributed by atoms with Gasteiger partial charge >= 0.3 is 0 Å². The number of hydrogen-bond donors (Lipinski definition) is 2. The van der Waals surface area contributed by atoms with E-state index < -0.39 is 23.0 Å². The predicted molar refractivity (Wildman–Crippen MR) is 75.0 cm³/mol. The van der Waals surface area contributed by atoms with Gasteiger partial charge in [-0.3, -0.25) is 0 Å². The van der Waals surface area contributed by atoms with Gasteiger partial charge in [0.25, 0.3) is 6.43 Å². The van der Waals surface area contributed by atoms with Gasteiger partial charge in [-0.1, -0.05) is 38.1 Å². The van der Waals surface area contributed by atoms with Crippen LogP contribution in [0.1, 0.15) is 25.0 Å². The van der Waals surface area contributed by atoms with Crippen molar-refractivity contribution in [3.05, 3.63) is 35.4 Å². The number of benzene rings is 1. The van der Waals surface area contributed by atoms with Gasteiger partial charge in [0.1, 0.15) is 0 Å². The monoisotopic (exact) mass is 306 g/mol. The van der Waals surface area contributed by atoms with Crippen molar-refractivity contribution in [2.75, 3.05) is 6.54 Å².